The van der Waals surface area contributed by atoms with Crippen LogP contribution in [0.2, 0.25) is 0 Å². The molecule has 0 radical (unpaired) electrons. The van der Waals surface area contributed by atoms with E-state index in [2.05, 4.69) is 52.2 Å². The Labute approximate surface area is 135 Å². The number of hydrogen-bond donors (Lipinski definition) is 2. The number of nitrogens with zero attached hydrogens (tertiary/aromatic N) is 2. The first-order valence-electron chi connectivity index (χ1n) is 7.87. The molecule has 0 saturated heterocycles. The van der Waals surface area contributed by atoms with Crippen LogP contribution in [0.3, 0.4) is 0 Å². The van der Waals surface area contributed by atoms with E-state index < -0.39 is 0 Å². The predicted octanol–water partition coefficient (Wildman–Crippen LogP) is 4.39. The third-order valence-electron chi connectivity index (χ3n) is 4.02. The molecule has 4 nitrogen and oxygen atoms in total. The van der Waals surface area contributed by atoms with Gasteiger partial charge < -0.3 is 10.6 Å². The molecule has 0 atom stereocenters. The van der Waals surface area contributed by atoms with Gasteiger partial charge in [-0.05, 0) is 44.1 Å². The SMILES string of the molecule is CSc1ccccc1Nc1cc(C2CC2)nc(NC2CC2)n1. The summed E-state index contributed by atoms with van der Waals surface area (Å²) >= 11 is 1.74. The van der Waals surface area contributed by atoms with Gasteiger partial charge in [0.15, 0.2) is 0 Å². The summed E-state index contributed by atoms with van der Waals surface area (Å²) in [6.07, 6.45) is 7.06. The topological polar surface area (TPSA) is 49.8 Å². The monoisotopic (exact) mass is 312 g/mol. The Morgan fingerprint density at radius 3 is 2.64 bits per heavy atom. The molecule has 0 aliphatic heterocycles. The van der Waals surface area contributed by atoms with E-state index in [0.717, 1.165) is 17.5 Å². The fourth-order valence-corrected chi connectivity index (χ4v) is 3.03. The number of benzene rings is 1. The van der Waals surface area contributed by atoms with Gasteiger partial charge in [-0.1, -0.05) is 12.1 Å². The first-order chi connectivity index (χ1) is 10.8. The quantitative estimate of drug-likeness (QED) is 0.775. The van der Waals surface area contributed by atoms with Gasteiger partial charge in [0, 0.05) is 22.9 Å². The molecule has 4 rings (SSSR count). The second kappa shape index (κ2) is 5.80. The molecule has 1 aromatic heterocycles. The van der Waals surface area contributed by atoms with Crippen LogP contribution in [-0.4, -0.2) is 22.3 Å². The van der Waals surface area contributed by atoms with Crippen molar-refractivity contribution in [2.45, 2.75) is 42.5 Å². The van der Waals surface area contributed by atoms with Crippen molar-refractivity contribution in [3.05, 3.63) is 36.0 Å². The summed E-state index contributed by atoms with van der Waals surface area (Å²) in [5, 5.41) is 6.89. The van der Waals surface area contributed by atoms with Crippen molar-refractivity contribution in [2.75, 3.05) is 16.9 Å². The lowest BCUT2D eigenvalue weighted by molar-refractivity contribution is 0.968. The van der Waals surface area contributed by atoms with Crippen LogP contribution in [0.4, 0.5) is 17.5 Å². The van der Waals surface area contributed by atoms with Crippen molar-refractivity contribution in [2.24, 2.45) is 0 Å². The minimum absolute atomic E-state index is 0.570. The molecule has 2 aliphatic carbocycles. The maximum Gasteiger partial charge on any atom is 0.225 e. The normalized spacial score (nSPS) is 17.3. The van der Waals surface area contributed by atoms with E-state index in [1.54, 1.807) is 11.8 Å². The smallest absolute Gasteiger partial charge is 0.225 e. The molecular formula is C17H20N4S. The van der Waals surface area contributed by atoms with Crippen LogP contribution in [0, 0.1) is 0 Å². The summed E-state index contributed by atoms with van der Waals surface area (Å²) in [5.41, 5.74) is 2.27. The van der Waals surface area contributed by atoms with Crippen molar-refractivity contribution in [3.8, 4) is 0 Å². The molecular weight excluding hydrogens is 292 g/mol. The maximum absolute atomic E-state index is 4.69. The highest BCUT2D eigenvalue weighted by Gasteiger charge is 2.28. The Morgan fingerprint density at radius 2 is 1.91 bits per heavy atom. The van der Waals surface area contributed by atoms with Gasteiger partial charge in [-0.15, -0.1) is 11.8 Å². The third kappa shape index (κ3) is 3.19. The Morgan fingerprint density at radius 1 is 1.09 bits per heavy atom. The Kier molecular flexibility index (Phi) is 3.66. The molecule has 0 bridgehead atoms. The maximum atomic E-state index is 4.69. The van der Waals surface area contributed by atoms with Crippen LogP contribution < -0.4 is 10.6 Å². The average molecular weight is 312 g/mol. The summed E-state index contributed by atoms with van der Waals surface area (Å²) in [4.78, 5) is 10.6. The zero-order valence-corrected chi connectivity index (χ0v) is 13.5. The minimum atomic E-state index is 0.570. The van der Waals surface area contributed by atoms with E-state index in [0.29, 0.717) is 12.0 Å². The van der Waals surface area contributed by atoms with Crippen LogP contribution in [-0.2, 0) is 0 Å². The number of aromatic nitrogens is 2. The van der Waals surface area contributed by atoms with E-state index in [-0.39, 0.29) is 0 Å². The molecule has 1 aromatic carbocycles. The van der Waals surface area contributed by atoms with Gasteiger partial charge in [-0.2, -0.15) is 4.98 Å². The summed E-state index contributed by atoms with van der Waals surface area (Å²) in [7, 11) is 0. The second-order valence-corrected chi connectivity index (χ2v) is 6.87. The van der Waals surface area contributed by atoms with E-state index in [4.69, 9.17) is 4.98 Å². The van der Waals surface area contributed by atoms with Crippen LogP contribution in [0.15, 0.2) is 35.2 Å². The lowest BCUT2D eigenvalue weighted by atomic mass is 10.2. The predicted molar refractivity (Wildman–Crippen MR) is 92.2 cm³/mol. The molecule has 114 valence electrons. The van der Waals surface area contributed by atoms with E-state index in [1.807, 2.05) is 0 Å². The molecule has 2 aromatic rings. The molecule has 1 heterocycles. The number of hydrogen-bond acceptors (Lipinski definition) is 5. The largest absolute Gasteiger partial charge is 0.351 e. The molecule has 2 aliphatic rings. The molecule has 0 spiro atoms. The molecule has 0 unspecified atom stereocenters. The lowest BCUT2D eigenvalue weighted by Gasteiger charge is -2.12. The summed E-state index contributed by atoms with van der Waals surface area (Å²) in [6, 6.07) is 11.0. The van der Waals surface area contributed by atoms with Crippen molar-refractivity contribution in [1.82, 2.24) is 9.97 Å². The highest BCUT2D eigenvalue weighted by molar-refractivity contribution is 7.98. The standard InChI is InChI=1S/C17H20N4S/c1-22-15-5-3-2-4-13(15)19-16-10-14(11-6-7-11)20-17(21-16)18-12-8-9-12/h2-5,10-12H,6-9H2,1H3,(H2,18,19,20,21). The lowest BCUT2D eigenvalue weighted by Crippen LogP contribution is -2.08. The highest BCUT2D eigenvalue weighted by Crippen LogP contribution is 2.40. The third-order valence-corrected chi connectivity index (χ3v) is 4.82. The summed E-state index contributed by atoms with van der Waals surface area (Å²) in [5.74, 6) is 2.29. The molecule has 2 N–H and O–H groups in total. The van der Waals surface area contributed by atoms with Gasteiger partial charge in [-0.3, -0.25) is 0 Å². The van der Waals surface area contributed by atoms with Crippen molar-refractivity contribution >= 4 is 29.2 Å². The van der Waals surface area contributed by atoms with Gasteiger partial charge in [0.1, 0.15) is 5.82 Å². The van der Waals surface area contributed by atoms with Crippen molar-refractivity contribution < 1.29 is 0 Å². The van der Waals surface area contributed by atoms with Crippen LogP contribution in [0.25, 0.3) is 0 Å². The van der Waals surface area contributed by atoms with E-state index in [1.165, 1.54) is 36.3 Å². The number of anilines is 3. The van der Waals surface area contributed by atoms with Crippen LogP contribution in [0.5, 0.6) is 0 Å². The van der Waals surface area contributed by atoms with Crippen LogP contribution >= 0.6 is 11.8 Å². The van der Waals surface area contributed by atoms with Gasteiger partial charge in [0.2, 0.25) is 5.95 Å². The molecule has 2 fully saturated rings. The highest BCUT2D eigenvalue weighted by atomic mass is 32.2. The van der Waals surface area contributed by atoms with Gasteiger partial charge in [0.25, 0.3) is 0 Å². The molecule has 5 heteroatoms. The van der Waals surface area contributed by atoms with E-state index in [9.17, 15) is 0 Å². The minimum Gasteiger partial charge on any atom is -0.351 e. The number of rotatable bonds is 6. The Hall–Kier alpha value is -1.75. The zero-order chi connectivity index (χ0) is 14.9. The molecule has 2 saturated carbocycles. The Balaban J connectivity index is 1.62. The zero-order valence-electron chi connectivity index (χ0n) is 12.7. The first kappa shape index (κ1) is 13.9. The van der Waals surface area contributed by atoms with Gasteiger partial charge in [0.05, 0.1) is 11.4 Å². The molecule has 22 heavy (non-hydrogen) atoms. The summed E-state index contributed by atoms with van der Waals surface area (Å²) in [6.45, 7) is 0. The first-order valence-corrected chi connectivity index (χ1v) is 9.10. The summed E-state index contributed by atoms with van der Waals surface area (Å²) < 4.78 is 0. The number of nitrogens with one attached hydrogen (secondary N) is 2. The van der Waals surface area contributed by atoms with Crippen molar-refractivity contribution in [3.63, 3.8) is 0 Å². The average Bonchev–Trinajstić information content (AvgIpc) is 3.41. The fourth-order valence-electron chi connectivity index (χ4n) is 2.48. The molecule has 0 amide bonds. The number of thioether (sulfide) groups is 1. The number of para-hydroxylation sites is 1. The van der Waals surface area contributed by atoms with Crippen LogP contribution in [0.1, 0.15) is 37.3 Å². The van der Waals surface area contributed by atoms with Gasteiger partial charge >= 0.3 is 0 Å². The fraction of sp³-hybridized carbons (Fsp3) is 0.412. The Bertz CT molecular complexity index is 680. The van der Waals surface area contributed by atoms with Crippen molar-refractivity contribution in [1.29, 1.82) is 0 Å². The van der Waals surface area contributed by atoms with E-state index >= 15 is 0 Å². The second-order valence-electron chi connectivity index (χ2n) is 6.02. The van der Waals surface area contributed by atoms with Gasteiger partial charge in [-0.25, -0.2) is 4.98 Å².